The first-order valence-electron chi connectivity index (χ1n) is 6.01. The van der Waals surface area contributed by atoms with Crippen LogP contribution in [0.4, 0.5) is 0 Å². The smallest absolute Gasteiger partial charge is 0.220 e. The minimum Gasteiger partial charge on any atom is -0.494 e. The SMILES string of the molecule is CCOc1cccc(Oc2cc(C#N)cc(C)n2)c1. The summed E-state index contributed by atoms with van der Waals surface area (Å²) in [6.07, 6.45) is 0. The van der Waals surface area contributed by atoms with Gasteiger partial charge in [-0.1, -0.05) is 6.07 Å². The minimum absolute atomic E-state index is 0.408. The number of aromatic nitrogens is 1. The van der Waals surface area contributed by atoms with E-state index in [-0.39, 0.29) is 0 Å². The predicted molar refractivity (Wildman–Crippen MR) is 71.4 cm³/mol. The van der Waals surface area contributed by atoms with Crippen LogP contribution in [0.15, 0.2) is 36.4 Å². The zero-order valence-electron chi connectivity index (χ0n) is 10.9. The number of hydrogen-bond acceptors (Lipinski definition) is 4. The predicted octanol–water partition coefficient (Wildman–Crippen LogP) is 3.45. The molecule has 0 aliphatic heterocycles. The van der Waals surface area contributed by atoms with E-state index < -0.39 is 0 Å². The van der Waals surface area contributed by atoms with Crippen LogP contribution in [0.3, 0.4) is 0 Å². The van der Waals surface area contributed by atoms with Gasteiger partial charge in [-0.3, -0.25) is 0 Å². The van der Waals surface area contributed by atoms with Gasteiger partial charge in [0.2, 0.25) is 5.88 Å². The van der Waals surface area contributed by atoms with Gasteiger partial charge in [-0.2, -0.15) is 5.26 Å². The number of nitriles is 1. The molecule has 0 saturated carbocycles. The molecule has 0 atom stereocenters. The van der Waals surface area contributed by atoms with Crippen molar-refractivity contribution >= 4 is 0 Å². The number of pyridine rings is 1. The first kappa shape index (κ1) is 12.9. The highest BCUT2D eigenvalue weighted by Gasteiger charge is 2.03. The fourth-order valence-corrected chi connectivity index (χ4v) is 1.67. The second-order valence-electron chi connectivity index (χ2n) is 3.96. The van der Waals surface area contributed by atoms with E-state index in [1.54, 1.807) is 18.2 Å². The zero-order valence-corrected chi connectivity index (χ0v) is 10.9. The second kappa shape index (κ2) is 5.87. The van der Waals surface area contributed by atoms with Crippen LogP contribution >= 0.6 is 0 Å². The largest absolute Gasteiger partial charge is 0.494 e. The molecule has 1 aromatic heterocycles. The normalized spacial score (nSPS) is 9.74. The summed E-state index contributed by atoms with van der Waals surface area (Å²) >= 11 is 0. The average Bonchev–Trinajstić information content (AvgIpc) is 2.39. The van der Waals surface area contributed by atoms with Gasteiger partial charge in [-0.15, -0.1) is 0 Å². The van der Waals surface area contributed by atoms with Gasteiger partial charge in [0, 0.05) is 17.8 Å². The molecule has 0 saturated heterocycles. The van der Waals surface area contributed by atoms with Gasteiger partial charge in [0.15, 0.2) is 0 Å². The van der Waals surface area contributed by atoms with Crippen LogP contribution in [-0.4, -0.2) is 11.6 Å². The maximum Gasteiger partial charge on any atom is 0.220 e. The molecule has 0 fully saturated rings. The van der Waals surface area contributed by atoms with Crippen molar-refractivity contribution in [2.45, 2.75) is 13.8 Å². The van der Waals surface area contributed by atoms with Gasteiger partial charge in [0.05, 0.1) is 18.2 Å². The number of benzene rings is 1. The summed E-state index contributed by atoms with van der Waals surface area (Å²) in [5.74, 6) is 1.78. The lowest BCUT2D eigenvalue weighted by atomic mass is 10.2. The molecule has 4 nitrogen and oxygen atoms in total. The molecule has 1 heterocycles. The molecule has 0 radical (unpaired) electrons. The van der Waals surface area contributed by atoms with E-state index in [4.69, 9.17) is 14.7 Å². The first-order chi connectivity index (χ1) is 9.21. The molecule has 2 rings (SSSR count). The van der Waals surface area contributed by atoms with Gasteiger partial charge in [-0.25, -0.2) is 4.98 Å². The van der Waals surface area contributed by atoms with Crippen LogP contribution in [0.1, 0.15) is 18.2 Å². The van der Waals surface area contributed by atoms with Crippen LogP contribution in [0.2, 0.25) is 0 Å². The molecule has 96 valence electrons. The Kier molecular flexibility index (Phi) is 3.99. The zero-order chi connectivity index (χ0) is 13.7. The molecule has 0 unspecified atom stereocenters. The van der Waals surface area contributed by atoms with E-state index in [1.807, 2.05) is 32.0 Å². The van der Waals surface area contributed by atoms with E-state index in [0.717, 1.165) is 11.4 Å². The third kappa shape index (κ3) is 3.46. The molecule has 4 heteroatoms. The van der Waals surface area contributed by atoms with Crippen molar-refractivity contribution in [3.8, 4) is 23.4 Å². The number of aryl methyl sites for hydroxylation is 1. The summed E-state index contributed by atoms with van der Waals surface area (Å²) < 4.78 is 11.0. The Morgan fingerprint density at radius 2 is 2.00 bits per heavy atom. The molecule has 0 aliphatic carbocycles. The molecular weight excluding hydrogens is 240 g/mol. The number of hydrogen-bond donors (Lipinski definition) is 0. The molecule has 0 amide bonds. The highest BCUT2D eigenvalue weighted by atomic mass is 16.5. The van der Waals surface area contributed by atoms with Crippen molar-refractivity contribution < 1.29 is 9.47 Å². The molecular formula is C15H14N2O2. The fourth-order valence-electron chi connectivity index (χ4n) is 1.67. The van der Waals surface area contributed by atoms with Crippen molar-refractivity contribution in [2.75, 3.05) is 6.61 Å². The third-order valence-corrected chi connectivity index (χ3v) is 2.40. The van der Waals surface area contributed by atoms with E-state index in [9.17, 15) is 0 Å². The second-order valence-corrected chi connectivity index (χ2v) is 3.96. The maximum atomic E-state index is 8.91. The Balaban J connectivity index is 2.23. The molecule has 0 spiro atoms. The van der Waals surface area contributed by atoms with Crippen LogP contribution < -0.4 is 9.47 Å². The summed E-state index contributed by atoms with van der Waals surface area (Å²) in [7, 11) is 0. The van der Waals surface area contributed by atoms with Gasteiger partial charge in [0.1, 0.15) is 11.5 Å². The summed E-state index contributed by atoms with van der Waals surface area (Å²) in [4.78, 5) is 4.24. The molecule has 0 N–H and O–H groups in total. The topological polar surface area (TPSA) is 55.1 Å². The molecule has 0 aliphatic rings. The van der Waals surface area contributed by atoms with Crippen molar-refractivity contribution in [3.63, 3.8) is 0 Å². The summed E-state index contributed by atoms with van der Waals surface area (Å²) in [5, 5.41) is 8.91. The molecule has 1 aromatic carbocycles. The summed E-state index contributed by atoms with van der Waals surface area (Å²) in [5.41, 5.74) is 1.28. The van der Waals surface area contributed by atoms with Crippen molar-refractivity contribution in [2.24, 2.45) is 0 Å². The van der Waals surface area contributed by atoms with Gasteiger partial charge >= 0.3 is 0 Å². The minimum atomic E-state index is 0.408. The lowest BCUT2D eigenvalue weighted by Gasteiger charge is -2.08. The van der Waals surface area contributed by atoms with Gasteiger partial charge < -0.3 is 9.47 Å². The van der Waals surface area contributed by atoms with E-state index >= 15 is 0 Å². The van der Waals surface area contributed by atoms with E-state index in [1.165, 1.54) is 0 Å². The highest BCUT2D eigenvalue weighted by Crippen LogP contribution is 2.24. The van der Waals surface area contributed by atoms with Crippen LogP contribution in [0.25, 0.3) is 0 Å². The van der Waals surface area contributed by atoms with Crippen LogP contribution in [0.5, 0.6) is 17.4 Å². The lowest BCUT2D eigenvalue weighted by Crippen LogP contribution is -1.94. The highest BCUT2D eigenvalue weighted by molar-refractivity contribution is 5.38. The van der Waals surface area contributed by atoms with E-state index in [2.05, 4.69) is 11.1 Å². The Labute approximate surface area is 112 Å². The molecule has 19 heavy (non-hydrogen) atoms. The maximum absolute atomic E-state index is 8.91. The van der Waals surface area contributed by atoms with E-state index in [0.29, 0.717) is 23.8 Å². The Morgan fingerprint density at radius 1 is 1.21 bits per heavy atom. The number of nitrogens with zero attached hydrogens (tertiary/aromatic N) is 2. The number of ether oxygens (including phenoxy) is 2. The molecule has 2 aromatic rings. The standard InChI is InChI=1S/C15H14N2O2/c1-3-18-13-5-4-6-14(9-13)19-15-8-12(10-16)7-11(2)17-15/h4-9H,3H2,1-2H3. The average molecular weight is 254 g/mol. The Hall–Kier alpha value is -2.54. The summed E-state index contributed by atoms with van der Waals surface area (Å²) in [6, 6.07) is 12.7. The van der Waals surface area contributed by atoms with Crippen LogP contribution in [-0.2, 0) is 0 Å². The van der Waals surface area contributed by atoms with Crippen molar-refractivity contribution in [1.29, 1.82) is 5.26 Å². The Bertz CT molecular complexity index is 618. The summed E-state index contributed by atoms with van der Waals surface area (Å²) in [6.45, 7) is 4.35. The first-order valence-corrected chi connectivity index (χ1v) is 6.01. The van der Waals surface area contributed by atoms with Crippen molar-refractivity contribution in [1.82, 2.24) is 4.98 Å². The van der Waals surface area contributed by atoms with Crippen molar-refractivity contribution in [3.05, 3.63) is 47.7 Å². The third-order valence-electron chi connectivity index (χ3n) is 2.40. The number of rotatable bonds is 4. The van der Waals surface area contributed by atoms with Crippen LogP contribution in [0, 0.1) is 18.3 Å². The lowest BCUT2D eigenvalue weighted by molar-refractivity contribution is 0.338. The monoisotopic (exact) mass is 254 g/mol. The van der Waals surface area contributed by atoms with Gasteiger partial charge in [-0.05, 0) is 32.0 Å². The fraction of sp³-hybridized carbons (Fsp3) is 0.200. The van der Waals surface area contributed by atoms with Gasteiger partial charge in [0.25, 0.3) is 0 Å². The quantitative estimate of drug-likeness (QED) is 0.838. The molecule has 0 bridgehead atoms. The Morgan fingerprint density at radius 3 is 2.74 bits per heavy atom.